The molecule has 0 spiro atoms. The SMILES string of the molecule is Cc1nn(-c2ccc(Cl)cc2Cl)c(C)c1CC(=O)NCCCS(=O)(=O)c1ccccc1. The molecular weight excluding hydrogens is 457 g/mol. The van der Waals surface area contributed by atoms with Crippen LogP contribution in [0.25, 0.3) is 5.69 Å². The molecule has 1 aromatic heterocycles. The normalized spacial score (nSPS) is 11.5. The minimum atomic E-state index is -3.35. The Labute approximate surface area is 192 Å². The topological polar surface area (TPSA) is 81.1 Å². The molecule has 0 fully saturated rings. The number of nitrogens with one attached hydrogen (secondary N) is 1. The predicted molar refractivity (Wildman–Crippen MR) is 123 cm³/mol. The predicted octanol–water partition coefficient (Wildman–Crippen LogP) is 4.32. The second kappa shape index (κ2) is 9.85. The van der Waals surface area contributed by atoms with Crippen LogP contribution in [0.2, 0.25) is 10.0 Å². The summed E-state index contributed by atoms with van der Waals surface area (Å²) in [5.41, 5.74) is 3.03. The highest BCUT2D eigenvalue weighted by molar-refractivity contribution is 7.91. The maximum Gasteiger partial charge on any atom is 0.224 e. The van der Waals surface area contributed by atoms with Gasteiger partial charge < -0.3 is 5.32 Å². The van der Waals surface area contributed by atoms with E-state index in [0.717, 1.165) is 17.0 Å². The van der Waals surface area contributed by atoms with E-state index in [4.69, 9.17) is 23.2 Å². The van der Waals surface area contributed by atoms with Crippen molar-refractivity contribution in [3.63, 3.8) is 0 Å². The maximum atomic E-state index is 12.4. The first-order chi connectivity index (χ1) is 14.7. The summed E-state index contributed by atoms with van der Waals surface area (Å²) in [7, 11) is -3.35. The average Bonchev–Trinajstić information content (AvgIpc) is 3.00. The van der Waals surface area contributed by atoms with Gasteiger partial charge in [0.15, 0.2) is 9.84 Å². The fourth-order valence-electron chi connectivity index (χ4n) is 3.28. The number of carbonyl (C=O) groups excluding carboxylic acids is 1. The van der Waals surface area contributed by atoms with Gasteiger partial charge in [-0.25, -0.2) is 13.1 Å². The Hall–Kier alpha value is -2.35. The minimum Gasteiger partial charge on any atom is -0.356 e. The van der Waals surface area contributed by atoms with Crippen LogP contribution in [0.4, 0.5) is 0 Å². The number of nitrogens with zero attached hydrogens (tertiary/aromatic N) is 2. The smallest absolute Gasteiger partial charge is 0.224 e. The van der Waals surface area contributed by atoms with Crippen LogP contribution in [-0.2, 0) is 21.1 Å². The van der Waals surface area contributed by atoms with E-state index in [1.165, 1.54) is 0 Å². The van der Waals surface area contributed by atoms with E-state index in [1.807, 2.05) is 13.8 Å². The molecular formula is C22H23Cl2N3O3S. The first-order valence-corrected chi connectivity index (χ1v) is 12.1. The summed E-state index contributed by atoms with van der Waals surface area (Å²) in [5, 5.41) is 8.31. The molecule has 31 heavy (non-hydrogen) atoms. The van der Waals surface area contributed by atoms with Crippen LogP contribution >= 0.6 is 23.2 Å². The van der Waals surface area contributed by atoms with Gasteiger partial charge in [0.05, 0.1) is 33.5 Å². The van der Waals surface area contributed by atoms with Gasteiger partial charge in [-0.05, 0) is 50.6 Å². The van der Waals surface area contributed by atoms with Gasteiger partial charge in [-0.15, -0.1) is 0 Å². The molecule has 1 heterocycles. The van der Waals surface area contributed by atoms with E-state index in [1.54, 1.807) is 53.2 Å². The third kappa shape index (κ3) is 5.67. The van der Waals surface area contributed by atoms with Crippen molar-refractivity contribution < 1.29 is 13.2 Å². The van der Waals surface area contributed by atoms with E-state index in [9.17, 15) is 13.2 Å². The number of hydrogen-bond donors (Lipinski definition) is 1. The van der Waals surface area contributed by atoms with E-state index in [2.05, 4.69) is 10.4 Å². The number of halogens is 2. The van der Waals surface area contributed by atoms with Gasteiger partial charge in [0, 0.05) is 22.8 Å². The second-order valence-electron chi connectivity index (χ2n) is 7.17. The van der Waals surface area contributed by atoms with Crippen molar-refractivity contribution in [3.05, 3.63) is 75.5 Å². The third-order valence-electron chi connectivity index (χ3n) is 4.93. The fraction of sp³-hybridized carbons (Fsp3) is 0.273. The fourth-order valence-corrected chi connectivity index (χ4v) is 5.10. The van der Waals surface area contributed by atoms with Gasteiger partial charge in [0.25, 0.3) is 0 Å². The molecule has 0 aliphatic rings. The van der Waals surface area contributed by atoms with Gasteiger partial charge in [-0.1, -0.05) is 41.4 Å². The van der Waals surface area contributed by atoms with E-state index in [0.29, 0.717) is 27.0 Å². The van der Waals surface area contributed by atoms with E-state index < -0.39 is 9.84 Å². The van der Waals surface area contributed by atoms with Crippen LogP contribution in [-0.4, -0.2) is 36.4 Å². The number of carbonyl (C=O) groups is 1. The average molecular weight is 480 g/mol. The molecule has 1 amide bonds. The maximum absolute atomic E-state index is 12.4. The van der Waals surface area contributed by atoms with Crippen LogP contribution < -0.4 is 5.32 Å². The molecule has 3 rings (SSSR count). The zero-order valence-corrected chi connectivity index (χ0v) is 19.6. The summed E-state index contributed by atoms with van der Waals surface area (Å²) < 4.78 is 26.3. The van der Waals surface area contributed by atoms with Crippen LogP contribution in [0.3, 0.4) is 0 Å². The molecule has 0 saturated heterocycles. The number of sulfone groups is 1. The Kier molecular flexibility index (Phi) is 7.41. The first kappa shape index (κ1) is 23.3. The van der Waals surface area contributed by atoms with Gasteiger partial charge in [0.1, 0.15) is 0 Å². The lowest BCUT2D eigenvalue weighted by Crippen LogP contribution is -2.27. The highest BCUT2D eigenvalue weighted by Gasteiger charge is 2.18. The summed E-state index contributed by atoms with van der Waals surface area (Å²) in [6.45, 7) is 3.99. The summed E-state index contributed by atoms with van der Waals surface area (Å²) in [4.78, 5) is 12.7. The molecule has 0 atom stereocenters. The minimum absolute atomic E-state index is 0.0254. The number of hydrogen-bond acceptors (Lipinski definition) is 4. The molecule has 6 nitrogen and oxygen atoms in total. The lowest BCUT2D eigenvalue weighted by Gasteiger charge is -2.09. The first-order valence-electron chi connectivity index (χ1n) is 9.74. The van der Waals surface area contributed by atoms with E-state index >= 15 is 0 Å². The zero-order chi connectivity index (χ0) is 22.6. The number of amides is 1. The molecule has 0 aliphatic heterocycles. The largest absolute Gasteiger partial charge is 0.356 e. The van der Waals surface area contributed by atoms with Gasteiger partial charge in [-0.2, -0.15) is 5.10 Å². The van der Waals surface area contributed by atoms with Gasteiger partial charge >= 0.3 is 0 Å². The number of aromatic nitrogens is 2. The van der Waals surface area contributed by atoms with Crippen molar-refractivity contribution in [1.29, 1.82) is 0 Å². The second-order valence-corrected chi connectivity index (χ2v) is 10.1. The van der Waals surface area contributed by atoms with Crippen molar-refractivity contribution in [3.8, 4) is 5.69 Å². The summed E-state index contributed by atoms with van der Waals surface area (Å²) >= 11 is 12.3. The molecule has 0 bridgehead atoms. The van der Waals surface area contributed by atoms with Gasteiger partial charge in [0.2, 0.25) is 5.91 Å². The molecule has 1 N–H and O–H groups in total. The Morgan fingerprint density at radius 3 is 2.48 bits per heavy atom. The number of rotatable bonds is 8. The van der Waals surface area contributed by atoms with Crippen molar-refractivity contribution >= 4 is 38.9 Å². The molecule has 9 heteroatoms. The lowest BCUT2D eigenvalue weighted by atomic mass is 10.1. The Morgan fingerprint density at radius 1 is 1.10 bits per heavy atom. The molecule has 0 unspecified atom stereocenters. The molecule has 3 aromatic rings. The van der Waals surface area contributed by atoms with Crippen LogP contribution in [0, 0.1) is 13.8 Å². The monoisotopic (exact) mass is 479 g/mol. The molecule has 2 aromatic carbocycles. The van der Waals surface area contributed by atoms with Crippen LogP contribution in [0.5, 0.6) is 0 Å². The zero-order valence-electron chi connectivity index (χ0n) is 17.2. The molecule has 0 radical (unpaired) electrons. The summed E-state index contributed by atoms with van der Waals surface area (Å²) in [5.74, 6) is -0.215. The lowest BCUT2D eigenvalue weighted by molar-refractivity contribution is -0.120. The highest BCUT2D eigenvalue weighted by Crippen LogP contribution is 2.27. The molecule has 164 valence electrons. The number of benzene rings is 2. The molecule has 0 aliphatic carbocycles. The van der Waals surface area contributed by atoms with Crippen LogP contribution in [0.1, 0.15) is 23.4 Å². The van der Waals surface area contributed by atoms with Gasteiger partial charge in [-0.3, -0.25) is 4.79 Å². The Morgan fingerprint density at radius 2 is 1.81 bits per heavy atom. The molecule has 0 saturated carbocycles. The van der Waals surface area contributed by atoms with Crippen molar-refractivity contribution in [1.82, 2.24) is 15.1 Å². The summed E-state index contributed by atoms with van der Waals surface area (Å²) in [6, 6.07) is 13.5. The quantitative estimate of drug-likeness (QED) is 0.487. The van der Waals surface area contributed by atoms with Crippen molar-refractivity contribution in [2.45, 2.75) is 31.6 Å². The standard InChI is InChI=1S/C22H23Cl2N3O3S/c1-15-19(16(2)27(26-15)21-10-9-17(23)13-20(21)24)14-22(28)25-11-6-12-31(29,30)18-7-4-3-5-8-18/h3-5,7-10,13H,6,11-12,14H2,1-2H3,(H,25,28). The van der Waals surface area contributed by atoms with Crippen LogP contribution in [0.15, 0.2) is 53.4 Å². The Bertz CT molecular complexity index is 1190. The number of aryl methyl sites for hydroxylation is 1. The third-order valence-corrected chi connectivity index (χ3v) is 7.29. The Balaban J connectivity index is 1.59. The van der Waals surface area contributed by atoms with E-state index in [-0.39, 0.29) is 24.6 Å². The summed E-state index contributed by atoms with van der Waals surface area (Å²) in [6.07, 6.45) is 0.481. The highest BCUT2D eigenvalue weighted by atomic mass is 35.5. The van der Waals surface area contributed by atoms with Crippen molar-refractivity contribution in [2.24, 2.45) is 0 Å². The van der Waals surface area contributed by atoms with Crippen molar-refractivity contribution in [2.75, 3.05) is 12.3 Å².